The van der Waals surface area contributed by atoms with Gasteiger partial charge in [-0.15, -0.1) is 0 Å². The molecule has 0 unspecified atom stereocenters. The highest BCUT2D eigenvalue weighted by Gasteiger charge is 2.12. The van der Waals surface area contributed by atoms with E-state index in [2.05, 4.69) is 42.2 Å². The van der Waals surface area contributed by atoms with Gasteiger partial charge in [0.15, 0.2) is 5.82 Å². The van der Waals surface area contributed by atoms with Crippen molar-refractivity contribution in [1.29, 1.82) is 0 Å². The average Bonchev–Trinajstić information content (AvgIpc) is 2.37. The van der Waals surface area contributed by atoms with E-state index in [9.17, 15) is 4.39 Å². The number of aromatic nitrogens is 1. The van der Waals surface area contributed by atoms with E-state index in [-0.39, 0.29) is 5.88 Å². The molecule has 0 aliphatic carbocycles. The molecule has 100 valence electrons. The van der Waals surface area contributed by atoms with Gasteiger partial charge in [-0.1, -0.05) is 15.9 Å². The maximum Gasteiger partial charge on any atom is 0.256 e. The Balaban J connectivity index is 2.30. The van der Waals surface area contributed by atoms with Crippen LogP contribution in [0.25, 0.3) is 0 Å². The molecule has 19 heavy (non-hydrogen) atoms. The second-order valence-corrected chi connectivity index (χ2v) is 5.57. The third-order valence-electron chi connectivity index (χ3n) is 2.40. The van der Waals surface area contributed by atoms with Crippen LogP contribution in [0.1, 0.15) is 5.56 Å². The minimum Gasteiger partial charge on any atom is -0.435 e. The fourth-order valence-electron chi connectivity index (χ4n) is 1.52. The second kappa shape index (κ2) is 6.45. The number of pyridine rings is 1. The fraction of sp³-hybridized carbons (Fsp3) is 0.154. The Hall–Kier alpha value is -0.980. The van der Waals surface area contributed by atoms with Crippen molar-refractivity contribution in [1.82, 2.24) is 10.3 Å². The molecule has 1 N–H and O–H groups in total. The zero-order chi connectivity index (χ0) is 13.8. The maximum atomic E-state index is 14.1. The molecule has 0 aliphatic rings. The Morgan fingerprint density at radius 3 is 2.79 bits per heavy atom. The molecule has 0 saturated heterocycles. The van der Waals surface area contributed by atoms with Crippen LogP contribution in [0.15, 0.2) is 39.4 Å². The number of ether oxygens (including phenoxy) is 1. The SMILES string of the molecule is CNCc1ccnc(Oc2ccc(Br)cc2Br)c1F. The summed E-state index contributed by atoms with van der Waals surface area (Å²) in [5.74, 6) is 0.0265. The summed E-state index contributed by atoms with van der Waals surface area (Å²) in [7, 11) is 1.76. The lowest BCUT2D eigenvalue weighted by atomic mass is 10.2. The molecule has 0 aliphatic heterocycles. The van der Waals surface area contributed by atoms with Gasteiger partial charge >= 0.3 is 0 Å². The van der Waals surface area contributed by atoms with Gasteiger partial charge in [-0.2, -0.15) is 0 Å². The van der Waals surface area contributed by atoms with E-state index < -0.39 is 5.82 Å². The second-order valence-electron chi connectivity index (χ2n) is 3.80. The molecule has 0 saturated carbocycles. The summed E-state index contributed by atoms with van der Waals surface area (Å²) in [6.45, 7) is 0.423. The topological polar surface area (TPSA) is 34.2 Å². The Kier molecular flexibility index (Phi) is 4.90. The summed E-state index contributed by atoms with van der Waals surface area (Å²) in [6, 6.07) is 7.00. The van der Waals surface area contributed by atoms with Crippen molar-refractivity contribution in [3.05, 3.63) is 50.8 Å². The first-order valence-corrected chi connectivity index (χ1v) is 7.11. The molecule has 0 radical (unpaired) electrons. The number of halogens is 3. The minimum absolute atomic E-state index is 0.0317. The Morgan fingerprint density at radius 2 is 2.11 bits per heavy atom. The van der Waals surface area contributed by atoms with Gasteiger partial charge < -0.3 is 10.1 Å². The quantitative estimate of drug-likeness (QED) is 0.848. The Labute approximate surface area is 127 Å². The number of hydrogen-bond acceptors (Lipinski definition) is 3. The van der Waals surface area contributed by atoms with Crippen LogP contribution < -0.4 is 10.1 Å². The van der Waals surface area contributed by atoms with Crippen LogP contribution in [0, 0.1) is 5.82 Å². The van der Waals surface area contributed by atoms with Gasteiger partial charge in [0, 0.05) is 22.8 Å². The highest BCUT2D eigenvalue weighted by molar-refractivity contribution is 9.11. The van der Waals surface area contributed by atoms with Crippen molar-refractivity contribution in [2.24, 2.45) is 0 Å². The molecule has 1 aromatic heterocycles. The molecule has 0 amide bonds. The lowest BCUT2D eigenvalue weighted by molar-refractivity contribution is 0.416. The van der Waals surface area contributed by atoms with Crippen molar-refractivity contribution >= 4 is 31.9 Å². The number of hydrogen-bond donors (Lipinski definition) is 1. The fourth-order valence-corrected chi connectivity index (χ4v) is 2.65. The highest BCUT2D eigenvalue weighted by atomic mass is 79.9. The monoisotopic (exact) mass is 388 g/mol. The summed E-state index contributed by atoms with van der Waals surface area (Å²) in [5, 5.41) is 2.90. The number of rotatable bonds is 4. The third-order valence-corrected chi connectivity index (χ3v) is 3.52. The largest absolute Gasteiger partial charge is 0.435 e. The van der Waals surface area contributed by atoms with Crippen LogP contribution in [0.5, 0.6) is 11.6 Å². The van der Waals surface area contributed by atoms with E-state index in [0.717, 1.165) is 8.95 Å². The highest BCUT2D eigenvalue weighted by Crippen LogP contribution is 2.32. The molecule has 3 nitrogen and oxygen atoms in total. The predicted molar refractivity (Wildman–Crippen MR) is 78.9 cm³/mol. The van der Waals surface area contributed by atoms with E-state index in [1.165, 1.54) is 6.20 Å². The van der Waals surface area contributed by atoms with Gasteiger partial charge in [0.05, 0.1) is 4.47 Å². The summed E-state index contributed by atoms with van der Waals surface area (Å²) in [5.41, 5.74) is 0.515. The van der Waals surface area contributed by atoms with Gasteiger partial charge in [0.2, 0.25) is 0 Å². The van der Waals surface area contributed by atoms with Crippen LogP contribution in [0.2, 0.25) is 0 Å². The normalized spacial score (nSPS) is 10.5. The number of nitrogens with zero attached hydrogens (tertiary/aromatic N) is 1. The molecule has 1 heterocycles. The van der Waals surface area contributed by atoms with Crippen molar-refractivity contribution < 1.29 is 9.13 Å². The van der Waals surface area contributed by atoms with Crippen molar-refractivity contribution in [2.45, 2.75) is 6.54 Å². The molecular formula is C13H11Br2FN2O. The molecule has 0 bridgehead atoms. The zero-order valence-electron chi connectivity index (χ0n) is 10.1. The third kappa shape index (κ3) is 3.52. The number of nitrogens with one attached hydrogen (secondary N) is 1. The summed E-state index contributed by atoms with van der Waals surface area (Å²) in [4.78, 5) is 3.92. The lowest BCUT2D eigenvalue weighted by Crippen LogP contribution is -2.08. The maximum absolute atomic E-state index is 14.1. The standard InChI is InChI=1S/C13H11Br2FN2O/c1-17-7-8-4-5-18-13(12(8)16)19-11-3-2-9(14)6-10(11)15/h2-6,17H,7H2,1H3. The van der Waals surface area contributed by atoms with Crippen molar-refractivity contribution in [3.63, 3.8) is 0 Å². The van der Waals surface area contributed by atoms with Crippen LogP contribution in [-0.2, 0) is 6.54 Å². The van der Waals surface area contributed by atoms with Gasteiger partial charge in [-0.25, -0.2) is 9.37 Å². The van der Waals surface area contributed by atoms with Crippen LogP contribution in [-0.4, -0.2) is 12.0 Å². The van der Waals surface area contributed by atoms with Crippen molar-refractivity contribution in [3.8, 4) is 11.6 Å². The van der Waals surface area contributed by atoms with Crippen LogP contribution >= 0.6 is 31.9 Å². The molecular weight excluding hydrogens is 379 g/mol. The molecule has 0 spiro atoms. The Bertz CT molecular complexity index is 593. The van der Waals surface area contributed by atoms with E-state index in [1.54, 1.807) is 19.2 Å². The smallest absolute Gasteiger partial charge is 0.256 e. The zero-order valence-corrected chi connectivity index (χ0v) is 13.3. The first-order valence-electron chi connectivity index (χ1n) is 5.52. The minimum atomic E-state index is -0.452. The van der Waals surface area contributed by atoms with Crippen LogP contribution in [0.3, 0.4) is 0 Å². The molecule has 0 fully saturated rings. The first kappa shape index (κ1) is 14.4. The Morgan fingerprint density at radius 1 is 1.32 bits per heavy atom. The average molecular weight is 390 g/mol. The van der Waals surface area contributed by atoms with E-state index in [0.29, 0.717) is 17.9 Å². The van der Waals surface area contributed by atoms with Crippen molar-refractivity contribution in [2.75, 3.05) is 7.05 Å². The predicted octanol–water partition coefficient (Wildman–Crippen LogP) is 4.26. The van der Waals surface area contributed by atoms with Gasteiger partial charge in [-0.05, 0) is 47.2 Å². The summed E-state index contributed by atoms with van der Waals surface area (Å²) >= 11 is 6.71. The van der Waals surface area contributed by atoms with Gasteiger partial charge in [0.1, 0.15) is 5.75 Å². The molecule has 1 aromatic carbocycles. The van der Waals surface area contributed by atoms with Gasteiger partial charge in [0.25, 0.3) is 5.88 Å². The van der Waals surface area contributed by atoms with E-state index in [4.69, 9.17) is 4.74 Å². The summed E-state index contributed by atoms with van der Waals surface area (Å²) < 4.78 is 21.2. The lowest BCUT2D eigenvalue weighted by Gasteiger charge is -2.10. The van der Waals surface area contributed by atoms with E-state index in [1.807, 2.05) is 12.1 Å². The van der Waals surface area contributed by atoms with Crippen LogP contribution in [0.4, 0.5) is 4.39 Å². The van der Waals surface area contributed by atoms with E-state index >= 15 is 0 Å². The molecule has 2 aromatic rings. The first-order chi connectivity index (χ1) is 9.11. The number of benzene rings is 1. The molecule has 0 atom stereocenters. The molecule has 6 heteroatoms. The molecule has 2 rings (SSSR count). The van der Waals surface area contributed by atoms with Gasteiger partial charge in [-0.3, -0.25) is 0 Å². The summed E-state index contributed by atoms with van der Waals surface area (Å²) in [6.07, 6.45) is 1.53.